The fourth-order valence-electron chi connectivity index (χ4n) is 3.34. The first-order valence-corrected chi connectivity index (χ1v) is 8.51. The SMILES string of the molecule is COc1cc(/C=N\N2C(=O)NC3(CCCCC3)C2=O)cc(Cl)c1OC. The lowest BCUT2D eigenvalue weighted by Crippen LogP contribution is -2.48. The number of amides is 3. The van der Waals surface area contributed by atoms with Gasteiger partial charge in [0.05, 0.1) is 25.5 Å². The average molecular weight is 366 g/mol. The molecule has 1 aromatic rings. The molecule has 7 nitrogen and oxygen atoms in total. The first-order valence-electron chi connectivity index (χ1n) is 8.13. The van der Waals surface area contributed by atoms with Gasteiger partial charge in [-0.1, -0.05) is 30.9 Å². The van der Waals surface area contributed by atoms with Crippen LogP contribution < -0.4 is 14.8 Å². The van der Waals surface area contributed by atoms with Gasteiger partial charge in [0.25, 0.3) is 5.91 Å². The minimum Gasteiger partial charge on any atom is -0.493 e. The van der Waals surface area contributed by atoms with Crippen molar-refractivity contribution in [2.75, 3.05) is 14.2 Å². The summed E-state index contributed by atoms with van der Waals surface area (Å²) in [5.74, 6) is 0.565. The second kappa shape index (κ2) is 6.92. The van der Waals surface area contributed by atoms with Gasteiger partial charge < -0.3 is 14.8 Å². The summed E-state index contributed by atoms with van der Waals surface area (Å²) in [6, 6.07) is 2.80. The van der Waals surface area contributed by atoms with E-state index in [1.807, 2.05) is 0 Å². The van der Waals surface area contributed by atoms with Crippen LogP contribution in [0.1, 0.15) is 37.7 Å². The maximum atomic E-state index is 12.7. The van der Waals surface area contributed by atoms with Gasteiger partial charge in [-0.05, 0) is 30.5 Å². The molecule has 1 aromatic carbocycles. The van der Waals surface area contributed by atoms with Gasteiger partial charge >= 0.3 is 6.03 Å². The van der Waals surface area contributed by atoms with Crippen LogP contribution in [0.15, 0.2) is 17.2 Å². The molecule has 0 bridgehead atoms. The molecule has 0 radical (unpaired) electrons. The Morgan fingerprint density at radius 3 is 2.56 bits per heavy atom. The van der Waals surface area contributed by atoms with E-state index in [9.17, 15) is 9.59 Å². The van der Waals surface area contributed by atoms with Crippen LogP contribution in [0.25, 0.3) is 0 Å². The van der Waals surface area contributed by atoms with Crippen molar-refractivity contribution in [1.29, 1.82) is 0 Å². The zero-order valence-corrected chi connectivity index (χ0v) is 14.9. The van der Waals surface area contributed by atoms with E-state index in [0.29, 0.717) is 34.9 Å². The van der Waals surface area contributed by atoms with Crippen LogP contribution >= 0.6 is 11.6 Å². The molecule has 134 valence electrons. The maximum Gasteiger partial charge on any atom is 0.346 e. The molecule has 1 heterocycles. The number of rotatable bonds is 4. The van der Waals surface area contributed by atoms with E-state index in [0.717, 1.165) is 24.3 Å². The van der Waals surface area contributed by atoms with Gasteiger partial charge in [-0.15, -0.1) is 5.01 Å². The summed E-state index contributed by atoms with van der Waals surface area (Å²) in [5.41, 5.74) is -0.199. The van der Waals surface area contributed by atoms with Gasteiger partial charge in [-0.25, -0.2) is 4.79 Å². The molecule has 3 amide bonds. The van der Waals surface area contributed by atoms with E-state index < -0.39 is 11.6 Å². The number of hydrazone groups is 1. The Bertz CT molecular complexity index is 729. The number of carbonyl (C=O) groups is 2. The number of nitrogens with one attached hydrogen (secondary N) is 1. The smallest absolute Gasteiger partial charge is 0.346 e. The topological polar surface area (TPSA) is 80.2 Å². The molecular weight excluding hydrogens is 346 g/mol. The molecule has 0 atom stereocenters. The maximum absolute atomic E-state index is 12.7. The Hall–Kier alpha value is -2.28. The third kappa shape index (κ3) is 3.16. The number of benzene rings is 1. The van der Waals surface area contributed by atoms with Crippen LogP contribution in [-0.2, 0) is 4.79 Å². The van der Waals surface area contributed by atoms with Gasteiger partial charge in [0.1, 0.15) is 5.54 Å². The summed E-state index contributed by atoms with van der Waals surface area (Å²) < 4.78 is 10.4. The summed E-state index contributed by atoms with van der Waals surface area (Å²) in [7, 11) is 2.99. The monoisotopic (exact) mass is 365 g/mol. The largest absolute Gasteiger partial charge is 0.493 e. The van der Waals surface area contributed by atoms with Crippen LogP contribution in [0, 0.1) is 0 Å². The highest BCUT2D eigenvalue weighted by molar-refractivity contribution is 6.32. The second-order valence-corrected chi connectivity index (χ2v) is 6.58. The number of hydrogen-bond acceptors (Lipinski definition) is 5. The van der Waals surface area contributed by atoms with Crippen molar-refractivity contribution in [1.82, 2.24) is 10.3 Å². The Morgan fingerprint density at radius 2 is 1.92 bits per heavy atom. The number of nitrogens with zero attached hydrogens (tertiary/aromatic N) is 2. The zero-order valence-electron chi connectivity index (χ0n) is 14.2. The lowest BCUT2D eigenvalue weighted by Gasteiger charge is -2.29. The molecule has 2 fully saturated rings. The van der Waals surface area contributed by atoms with E-state index >= 15 is 0 Å². The minimum absolute atomic E-state index is 0.292. The van der Waals surface area contributed by atoms with Crippen molar-refractivity contribution >= 4 is 29.8 Å². The Kier molecular flexibility index (Phi) is 4.85. The average Bonchev–Trinajstić information content (AvgIpc) is 2.83. The zero-order chi connectivity index (χ0) is 18.0. The highest BCUT2D eigenvalue weighted by atomic mass is 35.5. The number of ether oxygens (including phenoxy) is 2. The number of hydrogen-bond donors (Lipinski definition) is 1. The molecule has 8 heteroatoms. The molecule has 1 spiro atoms. The standard InChI is InChI=1S/C17H20ClN3O4/c1-24-13-9-11(8-12(18)14(13)25-2)10-19-21-15(22)17(20-16(21)23)6-4-3-5-7-17/h8-10H,3-7H2,1-2H3,(H,20,23)/b19-10-. The van der Waals surface area contributed by atoms with E-state index in [-0.39, 0.29) is 5.91 Å². The first kappa shape index (κ1) is 17.5. The van der Waals surface area contributed by atoms with Crippen LogP contribution in [-0.4, -0.2) is 42.9 Å². The fourth-order valence-corrected chi connectivity index (χ4v) is 3.64. The number of urea groups is 1. The predicted octanol–water partition coefficient (Wildman–Crippen LogP) is 2.95. The van der Waals surface area contributed by atoms with Crippen molar-refractivity contribution in [3.8, 4) is 11.5 Å². The molecule has 1 N–H and O–H groups in total. The predicted molar refractivity (Wildman–Crippen MR) is 93.3 cm³/mol. The summed E-state index contributed by atoms with van der Waals surface area (Å²) >= 11 is 6.16. The highest BCUT2D eigenvalue weighted by Crippen LogP contribution is 2.36. The molecule has 0 unspecified atom stereocenters. The Morgan fingerprint density at radius 1 is 1.20 bits per heavy atom. The molecule has 25 heavy (non-hydrogen) atoms. The first-order chi connectivity index (χ1) is 12.0. The molecule has 1 saturated carbocycles. The van der Waals surface area contributed by atoms with Crippen molar-refractivity contribution in [2.45, 2.75) is 37.6 Å². The summed E-state index contributed by atoms with van der Waals surface area (Å²) in [6.45, 7) is 0. The van der Waals surface area contributed by atoms with Crippen LogP contribution in [0.2, 0.25) is 5.02 Å². The van der Waals surface area contributed by atoms with E-state index in [4.69, 9.17) is 21.1 Å². The summed E-state index contributed by atoms with van der Waals surface area (Å²) in [4.78, 5) is 24.8. The lowest BCUT2D eigenvalue weighted by atomic mass is 9.82. The number of methoxy groups -OCH3 is 2. The van der Waals surface area contributed by atoms with Gasteiger partial charge in [-0.2, -0.15) is 5.10 Å². The van der Waals surface area contributed by atoms with Crippen LogP contribution in [0.3, 0.4) is 0 Å². The van der Waals surface area contributed by atoms with Crippen molar-refractivity contribution < 1.29 is 19.1 Å². The molecular formula is C17H20ClN3O4. The van der Waals surface area contributed by atoms with Gasteiger partial charge in [0, 0.05) is 0 Å². The molecule has 3 rings (SSSR count). The normalized spacial score (nSPS) is 19.6. The molecule has 2 aliphatic rings. The molecule has 1 saturated heterocycles. The van der Waals surface area contributed by atoms with Gasteiger partial charge in [-0.3, -0.25) is 4.79 Å². The van der Waals surface area contributed by atoms with Crippen molar-refractivity contribution in [2.24, 2.45) is 5.10 Å². The molecule has 1 aliphatic heterocycles. The van der Waals surface area contributed by atoms with Crippen LogP contribution in [0.5, 0.6) is 11.5 Å². The molecule has 1 aliphatic carbocycles. The van der Waals surface area contributed by atoms with E-state index in [1.165, 1.54) is 20.4 Å². The summed E-state index contributed by atoms with van der Waals surface area (Å²) in [5, 5.41) is 8.13. The van der Waals surface area contributed by atoms with Crippen LogP contribution in [0.4, 0.5) is 4.79 Å². The Labute approximate surface area is 150 Å². The van der Waals surface area contributed by atoms with Gasteiger partial charge in [0.2, 0.25) is 0 Å². The quantitative estimate of drug-likeness (QED) is 0.657. The number of halogens is 1. The number of imide groups is 1. The van der Waals surface area contributed by atoms with Crippen molar-refractivity contribution in [3.63, 3.8) is 0 Å². The number of carbonyl (C=O) groups excluding carboxylic acids is 2. The van der Waals surface area contributed by atoms with Crippen molar-refractivity contribution in [3.05, 3.63) is 22.7 Å². The minimum atomic E-state index is -0.790. The second-order valence-electron chi connectivity index (χ2n) is 6.17. The van der Waals surface area contributed by atoms with Gasteiger partial charge in [0.15, 0.2) is 11.5 Å². The Balaban J connectivity index is 1.83. The van der Waals surface area contributed by atoms with E-state index in [1.54, 1.807) is 12.1 Å². The fraction of sp³-hybridized carbons (Fsp3) is 0.471. The third-order valence-corrected chi connectivity index (χ3v) is 4.91. The highest BCUT2D eigenvalue weighted by Gasteiger charge is 2.51. The summed E-state index contributed by atoms with van der Waals surface area (Å²) in [6.07, 6.45) is 5.66. The van der Waals surface area contributed by atoms with E-state index in [2.05, 4.69) is 10.4 Å². The lowest BCUT2D eigenvalue weighted by molar-refractivity contribution is -0.132. The third-order valence-electron chi connectivity index (χ3n) is 4.63. The molecule has 0 aromatic heterocycles.